The Morgan fingerprint density at radius 2 is 1.90 bits per heavy atom. The number of rotatable bonds is 12. The number of halogens is 2. The zero-order valence-corrected chi connectivity index (χ0v) is 22.9. The quantitative estimate of drug-likeness (QED) is 0.196. The summed E-state index contributed by atoms with van der Waals surface area (Å²) in [4.78, 5) is 18.8. The van der Waals surface area contributed by atoms with Crippen LogP contribution in [0.15, 0.2) is 96.5 Å². The summed E-state index contributed by atoms with van der Waals surface area (Å²) in [6.07, 6.45) is 5.47. The molecule has 39 heavy (non-hydrogen) atoms. The van der Waals surface area contributed by atoms with Crippen molar-refractivity contribution in [2.75, 3.05) is 19.8 Å². The second kappa shape index (κ2) is 13.5. The van der Waals surface area contributed by atoms with Crippen LogP contribution >= 0.6 is 23.2 Å². The van der Waals surface area contributed by atoms with E-state index in [4.69, 9.17) is 42.8 Å². The molecule has 0 aromatic heterocycles. The molecule has 1 aliphatic heterocycles. The maximum absolute atomic E-state index is 13.8. The molecule has 3 aromatic carbocycles. The molecule has 0 spiro atoms. The standard InChI is InChI=1S/C31H30Cl2N2O4/c1-2-18-34-30(37)31(17-6-10-22-8-4-3-5-9-22)28(26-16-13-24(32)21-27(26)33)39-29(35-31)23-11-14-25(15-12-23)38-20-7-19-36/h2-6,8-16,21,28,36H,1,7,17-20H2,(H,34,37)/b10-6+/t28-,31-/m1/s1. The van der Waals surface area contributed by atoms with Gasteiger partial charge in [-0.1, -0.05) is 77.8 Å². The number of aliphatic hydroxyl groups is 1. The van der Waals surface area contributed by atoms with Crippen molar-refractivity contribution < 1.29 is 19.4 Å². The average Bonchev–Trinajstić information content (AvgIpc) is 3.33. The fraction of sp³-hybridized carbons (Fsp3) is 0.226. The summed E-state index contributed by atoms with van der Waals surface area (Å²) in [5.74, 6) is 0.661. The number of benzene rings is 3. The number of hydrogen-bond acceptors (Lipinski definition) is 5. The van der Waals surface area contributed by atoms with Crippen molar-refractivity contribution in [3.05, 3.63) is 118 Å². The van der Waals surface area contributed by atoms with Crippen molar-refractivity contribution in [1.82, 2.24) is 5.32 Å². The van der Waals surface area contributed by atoms with Crippen molar-refractivity contribution in [2.24, 2.45) is 4.99 Å². The highest BCUT2D eigenvalue weighted by Gasteiger charge is 2.53. The van der Waals surface area contributed by atoms with E-state index in [1.54, 1.807) is 36.4 Å². The first-order chi connectivity index (χ1) is 19.0. The Balaban J connectivity index is 1.75. The third kappa shape index (κ3) is 6.90. The molecule has 0 radical (unpaired) electrons. The molecule has 1 heterocycles. The van der Waals surface area contributed by atoms with E-state index < -0.39 is 11.6 Å². The minimum Gasteiger partial charge on any atom is -0.494 e. The lowest BCUT2D eigenvalue weighted by Crippen LogP contribution is -2.48. The molecule has 3 aromatic rings. The van der Waals surface area contributed by atoms with Gasteiger partial charge in [0, 0.05) is 47.2 Å². The lowest BCUT2D eigenvalue weighted by atomic mass is 9.84. The van der Waals surface area contributed by atoms with Gasteiger partial charge in [0.1, 0.15) is 5.75 Å². The third-order valence-corrected chi connectivity index (χ3v) is 6.78. The minimum absolute atomic E-state index is 0.0616. The Hall–Kier alpha value is -3.58. The lowest BCUT2D eigenvalue weighted by Gasteiger charge is -2.30. The number of aliphatic hydroxyl groups excluding tert-OH is 1. The van der Waals surface area contributed by atoms with Gasteiger partial charge in [0.2, 0.25) is 5.90 Å². The van der Waals surface area contributed by atoms with E-state index in [-0.39, 0.29) is 25.5 Å². The van der Waals surface area contributed by atoms with Crippen molar-refractivity contribution in [2.45, 2.75) is 24.5 Å². The molecule has 6 nitrogen and oxygen atoms in total. The monoisotopic (exact) mass is 564 g/mol. The van der Waals surface area contributed by atoms with Crippen molar-refractivity contribution in [3.63, 3.8) is 0 Å². The Morgan fingerprint density at radius 3 is 2.59 bits per heavy atom. The number of nitrogens with zero attached hydrogens (tertiary/aromatic N) is 1. The summed E-state index contributed by atoms with van der Waals surface area (Å²) < 4.78 is 12.1. The van der Waals surface area contributed by atoms with Gasteiger partial charge in [-0.25, -0.2) is 4.99 Å². The zero-order valence-electron chi connectivity index (χ0n) is 21.4. The summed E-state index contributed by atoms with van der Waals surface area (Å²) in [7, 11) is 0. The minimum atomic E-state index is -1.35. The molecule has 0 bridgehead atoms. The molecular weight excluding hydrogens is 535 g/mol. The molecule has 202 valence electrons. The molecule has 0 saturated carbocycles. The van der Waals surface area contributed by atoms with Crippen LogP contribution in [0.25, 0.3) is 6.08 Å². The van der Waals surface area contributed by atoms with Crippen molar-refractivity contribution in [3.8, 4) is 5.75 Å². The number of nitrogens with one attached hydrogen (secondary N) is 1. The van der Waals surface area contributed by atoms with Gasteiger partial charge in [-0.3, -0.25) is 4.79 Å². The van der Waals surface area contributed by atoms with Gasteiger partial charge in [0.25, 0.3) is 5.91 Å². The molecule has 0 unspecified atom stereocenters. The zero-order chi connectivity index (χ0) is 27.7. The first kappa shape index (κ1) is 28.4. The van der Waals surface area contributed by atoms with Crippen LogP contribution in [-0.2, 0) is 9.53 Å². The van der Waals surface area contributed by atoms with Crippen LogP contribution in [0.5, 0.6) is 5.75 Å². The number of ether oxygens (including phenoxy) is 2. The highest BCUT2D eigenvalue weighted by Crippen LogP contribution is 2.45. The van der Waals surface area contributed by atoms with E-state index in [0.29, 0.717) is 45.8 Å². The van der Waals surface area contributed by atoms with Crippen molar-refractivity contribution >= 4 is 41.1 Å². The van der Waals surface area contributed by atoms with Crippen LogP contribution < -0.4 is 10.1 Å². The maximum atomic E-state index is 13.8. The number of amides is 1. The summed E-state index contributed by atoms with van der Waals surface area (Å²) in [6.45, 7) is 4.47. The predicted octanol–water partition coefficient (Wildman–Crippen LogP) is 6.42. The second-order valence-corrected chi connectivity index (χ2v) is 9.81. The maximum Gasteiger partial charge on any atom is 0.252 e. The first-order valence-electron chi connectivity index (χ1n) is 12.6. The van der Waals surface area contributed by atoms with E-state index in [9.17, 15) is 4.79 Å². The molecule has 4 rings (SSSR count). The molecule has 2 N–H and O–H groups in total. The molecule has 8 heteroatoms. The van der Waals surface area contributed by atoms with Gasteiger partial charge in [0.05, 0.1) is 6.61 Å². The topological polar surface area (TPSA) is 80.2 Å². The summed E-state index contributed by atoms with van der Waals surface area (Å²) >= 11 is 12.8. The first-order valence-corrected chi connectivity index (χ1v) is 13.4. The Morgan fingerprint density at radius 1 is 1.13 bits per heavy atom. The molecule has 2 atom stereocenters. The predicted molar refractivity (Wildman–Crippen MR) is 156 cm³/mol. The SMILES string of the molecule is C=CCNC(=O)[C@]1(C/C=C/c2ccccc2)N=C(c2ccc(OCCCO)cc2)O[C@@H]1c1ccc(Cl)cc1Cl. The number of carbonyl (C=O) groups excluding carboxylic acids is 1. The van der Waals surface area contributed by atoms with E-state index in [1.165, 1.54) is 0 Å². The van der Waals surface area contributed by atoms with Crippen molar-refractivity contribution in [1.29, 1.82) is 0 Å². The molecular formula is C31H30Cl2N2O4. The second-order valence-electron chi connectivity index (χ2n) is 8.97. The van der Waals surface area contributed by atoms with Crippen LogP contribution in [0.4, 0.5) is 0 Å². The number of aliphatic imine (C=N–C) groups is 1. The van der Waals surface area contributed by atoms with E-state index >= 15 is 0 Å². The third-order valence-electron chi connectivity index (χ3n) is 6.22. The smallest absolute Gasteiger partial charge is 0.252 e. The van der Waals surface area contributed by atoms with Gasteiger partial charge in [-0.15, -0.1) is 6.58 Å². The van der Waals surface area contributed by atoms with Gasteiger partial charge < -0.3 is 19.9 Å². The summed E-state index contributed by atoms with van der Waals surface area (Å²) in [5.41, 5.74) is 0.938. The Labute approximate surface area is 238 Å². The molecule has 0 aliphatic carbocycles. The van der Waals surface area contributed by atoms with Crippen LogP contribution in [0.1, 0.15) is 35.6 Å². The average molecular weight is 565 g/mol. The number of hydrogen-bond donors (Lipinski definition) is 2. The fourth-order valence-electron chi connectivity index (χ4n) is 4.26. The van der Waals surface area contributed by atoms with Gasteiger partial charge in [-0.05, 0) is 42.0 Å². The Kier molecular flexibility index (Phi) is 9.82. The largest absolute Gasteiger partial charge is 0.494 e. The molecule has 1 aliphatic rings. The van der Waals surface area contributed by atoms with Gasteiger partial charge in [-0.2, -0.15) is 0 Å². The van der Waals surface area contributed by atoms with Crippen LogP contribution in [0.2, 0.25) is 10.0 Å². The molecule has 0 saturated heterocycles. The van der Waals surface area contributed by atoms with Gasteiger partial charge >= 0.3 is 0 Å². The van der Waals surface area contributed by atoms with Crippen LogP contribution in [0.3, 0.4) is 0 Å². The normalized spacial score (nSPS) is 18.4. The highest BCUT2D eigenvalue weighted by atomic mass is 35.5. The van der Waals surface area contributed by atoms with Crippen LogP contribution in [0, 0.1) is 0 Å². The highest BCUT2D eigenvalue weighted by molar-refractivity contribution is 6.35. The van der Waals surface area contributed by atoms with E-state index in [1.807, 2.05) is 54.6 Å². The molecule has 0 fully saturated rings. The molecule has 1 amide bonds. The van der Waals surface area contributed by atoms with Crippen LogP contribution in [-0.4, -0.2) is 42.2 Å². The number of carbonyl (C=O) groups is 1. The van der Waals surface area contributed by atoms with Gasteiger partial charge in [0.15, 0.2) is 11.6 Å². The summed E-state index contributed by atoms with van der Waals surface area (Å²) in [5, 5.41) is 12.8. The lowest BCUT2D eigenvalue weighted by molar-refractivity contribution is -0.128. The fourth-order valence-corrected chi connectivity index (χ4v) is 4.77. The van der Waals surface area contributed by atoms with E-state index in [2.05, 4.69) is 11.9 Å². The summed E-state index contributed by atoms with van der Waals surface area (Å²) in [6, 6.07) is 22.2. The Bertz CT molecular complexity index is 1340. The van der Waals surface area contributed by atoms with E-state index in [0.717, 1.165) is 5.56 Å².